The molecule has 0 aliphatic rings. The molecule has 5 heteroatoms. The van der Waals surface area contributed by atoms with Crippen LogP contribution in [0.15, 0.2) is 18.2 Å². The number of hydrogen-bond acceptors (Lipinski definition) is 4. The highest BCUT2D eigenvalue weighted by Crippen LogP contribution is 2.23. The van der Waals surface area contributed by atoms with Crippen LogP contribution in [0.4, 0.5) is 0 Å². The summed E-state index contributed by atoms with van der Waals surface area (Å²) >= 11 is 6.03. The lowest BCUT2D eigenvalue weighted by Gasteiger charge is -2.12. The van der Waals surface area contributed by atoms with Crippen LogP contribution in [0.2, 0.25) is 5.02 Å². The molecule has 0 saturated carbocycles. The average Bonchev–Trinajstić information content (AvgIpc) is 2.45. The van der Waals surface area contributed by atoms with Crippen molar-refractivity contribution < 1.29 is 9.84 Å². The maximum Gasteiger partial charge on any atom is 0.123 e. The van der Waals surface area contributed by atoms with Gasteiger partial charge < -0.3 is 20.5 Å². The molecule has 0 bridgehead atoms. The highest BCUT2D eigenvalue weighted by Gasteiger charge is 2.04. The van der Waals surface area contributed by atoms with Crippen molar-refractivity contribution in [2.75, 3.05) is 32.8 Å². The van der Waals surface area contributed by atoms with E-state index in [0.717, 1.165) is 55.4 Å². The minimum Gasteiger partial charge on any atom is -0.493 e. The zero-order valence-electron chi connectivity index (χ0n) is 12.1. The maximum atomic E-state index is 8.64. The lowest BCUT2D eigenvalue weighted by Crippen LogP contribution is -2.24. The summed E-state index contributed by atoms with van der Waals surface area (Å²) < 4.78 is 5.71. The van der Waals surface area contributed by atoms with E-state index in [1.165, 1.54) is 0 Å². The van der Waals surface area contributed by atoms with Gasteiger partial charge in [-0.2, -0.15) is 0 Å². The standard InChI is InChI=1S/C15H25ClN2O2/c1-2-10-20-15-5-4-14(16)11-13(15)12-18-7-3-6-17-8-9-19/h4-5,11,17-19H,2-3,6-10,12H2,1H3. The predicted octanol–water partition coefficient (Wildman–Crippen LogP) is 2.19. The Kier molecular flexibility index (Phi) is 9.41. The fraction of sp³-hybridized carbons (Fsp3) is 0.600. The number of nitrogens with one attached hydrogen (secondary N) is 2. The van der Waals surface area contributed by atoms with Crippen LogP contribution in [0.1, 0.15) is 25.3 Å². The first-order chi connectivity index (χ1) is 9.77. The van der Waals surface area contributed by atoms with E-state index in [-0.39, 0.29) is 6.61 Å². The van der Waals surface area contributed by atoms with Crippen LogP contribution in [-0.2, 0) is 6.54 Å². The van der Waals surface area contributed by atoms with E-state index in [1.54, 1.807) is 0 Å². The van der Waals surface area contributed by atoms with Gasteiger partial charge >= 0.3 is 0 Å². The zero-order valence-corrected chi connectivity index (χ0v) is 12.9. The van der Waals surface area contributed by atoms with Crippen molar-refractivity contribution in [2.24, 2.45) is 0 Å². The number of aliphatic hydroxyl groups excluding tert-OH is 1. The van der Waals surface area contributed by atoms with Crippen molar-refractivity contribution in [3.63, 3.8) is 0 Å². The monoisotopic (exact) mass is 300 g/mol. The average molecular weight is 301 g/mol. The number of hydrogen-bond donors (Lipinski definition) is 3. The number of ether oxygens (including phenoxy) is 1. The van der Waals surface area contributed by atoms with Gasteiger partial charge in [-0.05, 0) is 44.1 Å². The van der Waals surface area contributed by atoms with Crippen LogP contribution in [0, 0.1) is 0 Å². The van der Waals surface area contributed by atoms with Gasteiger partial charge in [-0.15, -0.1) is 0 Å². The molecule has 1 aromatic carbocycles. The number of rotatable bonds is 11. The van der Waals surface area contributed by atoms with Crippen molar-refractivity contribution in [1.82, 2.24) is 10.6 Å². The molecule has 0 unspecified atom stereocenters. The third kappa shape index (κ3) is 7.10. The zero-order chi connectivity index (χ0) is 14.6. The highest BCUT2D eigenvalue weighted by atomic mass is 35.5. The molecule has 0 radical (unpaired) electrons. The molecular formula is C15H25ClN2O2. The molecule has 0 amide bonds. The largest absolute Gasteiger partial charge is 0.493 e. The van der Waals surface area contributed by atoms with E-state index in [2.05, 4.69) is 17.6 Å². The number of halogens is 1. The molecule has 0 heterocycles. The summed E-state index contributed by atoms with van der Waals surface area (Å²) in [6.45, 7) is 6.23. The molecule has 1 rings (SSSR count). The van der Waals surface area contributed by atoms with Crippen molar-refractivity contribution in [3.8, 4) is 5.75 Å². The summed E-state index contributed by atoms with van der Waals surface area (Å²) in [6, 6.07) is 5.73. The van der Waals surface area contributed by atoms with Gasteiger partial charge in [0.2, 0.25) is 0 Å². The lowest BCUT2D eigenvalue weighted by molar-refractivity contribution is 0.292. The Morgan fingerprint density at radius 2 is 2.00 bits per heavy atom. The highest BCUT2D eigenvalue weighted by molar-refractivity contribution is 6.30. The Hall–Kier alpha value is -0.810. The van der Waals surface area contributed by atoms with E-state index in [9.17, 15) is 0 Å². The van der Waals surface area contributed by atoms with Gasteiger partial charge in [0.15, 0.2) is 0 Å². The minimum absolute atomic E-state index is 0.189. The van der Waals surface area contributed by atoms with Crippen LogP contribution in [0.5, 0.6) is 5.75 Å². The van der Waals surface area contributed by atoms with Crippen LogP contribution in [0.25, 0.3) is 0 Å². The second-order valence-electron chi connectivity index (χ2n) is 4.60. The molecule has 0 aliphatic carbocycles. The molecule has 114 valence electrons. The predicted molar refractivity (Wildman–Crippen MR) is 83.5 cm³/mol. The molecule has 20 heavy (non-hydrogen) atoms. The molecule has 0 fully saturated rings. The topological polar surface area (TPSA) is 53.5 Å². The molecule has 3 N–H and O–H groups in total. The molecule has 0 saturated heterocycles. The van der Waals surface area contributed by atoms with E-state index >= 15 is 0 Å². The summed E-state index contributed by atoms with van der Waals surface area (Å²) in [6.07, 6.45) is 2.01. The van der Waals surface area contributed by atoms with Gasteiger partial charge in [0, 0.05) is 23.7 Å². The normalized spacial score (nSPS) is 10.8. The van der Waals surface area contributed by atoms with Crippen molar-refractivity contribution in [3.05, 3.63) is 28.8 Å². The second-order valence-corrected chi connectivity index (χ2v) is 5.04. The minimum atomic E-state index is 0.189. The summed E-state index contributed by atoms with van der Waals surface area (Å²) in [5.41, 5.74) is 1.09. The number of aliphatic hydroxyl groups is 1. The van der Waals surface area contributed by atoms with Crippen molar-refractivity contribution in [1.29, 1.82) is 0 Å². The Bertz CT molecular complexity index is 375. The smallest absolute Gasteiger partial charge is 0.123 e. The fourth-order valence-electron chi connectivity index (χ4n) is 1.80. The lowest BCUT2D eigenvalue weighted by atomic mass is 10.2. The van der Waals surface area contributed by atoms with Crippen LogP contribution in [0.3, 0.4) is 0 Å². The first-order valence-electron chi connectivity index (χ1n) is 7.21. The Morgan fingerprint density at radius 3 is 2.75 bits per heavy atom. The molecule has 1 aromatic rings. The van der Waals surface area contributed by atoms with E-state index < -0.39 is 0 Å². The molecular weight excluding hydrogens is 276 g/mol. The van der Waals surface area contributed by atoms with Gasteiger partial charge in [-0.25, -0.2) is 0 Å². The van der Waals surface area contributed by atoms with Gasteiger partial charge in [0.05, 0.1) is 13.2 Å². The van der Waals surface area contributed by atoms with Crippen LogP contribution < -0.4 is 15.4 Å². The quantitative estimate of drug-likeness (QED) is 0.548. The van der Waals surface area contributed by atoms with Crippen LogP contribution in [-0.4, -0.2) is 38.0 Å². The van der Waals surface area contributed by atoms with Gasteiger partial charge in [0.25, 0.3) is 0 Å². The third-order valence-electron chi connectivity index (χ3n) is 2.80. The second kappa shape index (κ2) is 10.9. The first kappa shape index (κ1) is 17.2. The Labute approximate surface area is 126 Å². The maximum absolute atomic E-state index is 8.64. The number of benzene rings is 1. The molecule has 0 aromatic heterocycles. The van der Waals surface area contributed by atoms with E-state index in [1.807, 2.05) is 18.2 Å². The van der Waals surface area contributed by atoms with Gasteiger partial charge in [-0.3, -0.25) is 0 Å². The van der Waals surface area contributed by atoms with Crippen LogP contribution >= 0.6 is 11.6 Å². The Morgan fingerprint density at radius 1 is 1.20 bits per heavy atom. The summed E-state index contributed by atoms with van der Waals surface area (Å²) in [5, 5.41) is 15.9. The first-order valence-corrected chi connectivity index (χ1v) is 7.59. The third-order valence-corrected chi connectivity index (χ3v) is 3.03. The SMILES string of the molecule is CCCOc1ccc(Cl)cc1CNCCCNCCO. The summed E-state index contributed by atoms with van der Waals surface area (Å²) in [4.78, 5) is 0. The summed E-state index contributed by atoms with van der Waals surface area (Å²) in [5.74, 6) is 0.905. The molecule has 0 spiro atoms. The molecule has 0 aliphatic heterocycles. The fourth-order valence-corrected chi connectivity index (χ4v) is 2.00. The van der Waals surface area contributed by atoms with E-state index in [0.29, 0.717) is 6.54 Å². The summed E-state index contributed by atoms with van der Waals surface area (Å²) in [7, 11) is 0. The van der Waals surface area contributed by atoms with Crippen molar-refractivity contribution >= 4 is 11.6 Å². The Balaban J connectivity index is 2.32. The van der Waals surface area contributed by atoms with Gasteiger partial charge in [0.1, 0.15) is 5.75 Å². The van der Waals surface area contributed by atoms with Gasteiger partial charge in [-0.1, -0.05) is 18.5 Å². The van der Waals surface area contributed by atoms with E-state index in [4.69, 9.17) is 21.4 Å². The van der Waals surface area contributed by atoms with Crippen molar-refractivity contribution in [2.45, 2.75) is 26.3 Å². The molecule has 0 atom stereocenters. The molecule has 4 nitrogen and oxygen atoms in total.